The van der Waals surface area contributed by atoms with Gasteiger partial charge in [0.05, 0.1) is 32.2 Å². The van der Waals surface area contributed by atoms with Gasteiger partial charge in [0, 0.05) is 24.7 Å². The van der Waals surface area contributed by atoms with Crippen LogP contribution in [0.5, 0.6) is 0 Å². The Hall–Kier alpha value is -6.96. The molecule has 2 heterocycles. The summed E-state index contributed by atoms with van der Waals surface area (Å²) in [5.41, 5.74) is 5.26. The Morgan fingerprint density at radius 1 is 0.737 bits per heavy atom. The molecule has 57 heavy (non-hydrogen) atoms. The number of alkyl carbamates (subject to hydrolysis) is 2. The van der Waals surface area contributed by atoms with Crippen molar-refractivity contribution in [1.29, 1.82) is 0 Å². The van der Waals surface area contributed by atoms with Gasteiger partial charge in [-0.15, -0.1) is 0 Å². The molecule has 14 nitrogen and oxygen atoms in total. The lowest BCUT2D eigenvalue weighted by atomic mass is 10.0. The summed E-state index contributed by atoms with van der Waals surface area (Å²) < 4.78 is 9.49. The molecule has 1 saturated heterocycles. The van der Waals surface area contributed by atoms with E-state index in [0.717, 1.165) is 35.2 Å². The normalized spacial score (nSPS) is 15.1. The quantitative estimate of drug-likeness (QED) is 0.0990. The summed E-state index contributed by atoms with van der Waals surface area (Å²) in [5, 5.41) is 11.1. The largest absolute Gasteiger partial charge is 0.453 e. The lowest BCUT2D eigenvalue weighted by Gasteiger charge is -2.29. The van der Waals surface area contributed by atoms with Crippen LogP contribution in [-0.4, -0.2) is 78.1 Å². The molecule has 1 aliphatic heterocycles. The number of aromatic amines is 1. The Kier molecular flexibility index (Phi) is 13.0. The second-order valence-corrected chi connectivity index (χ2v) is 13.6. The highest BCUT2D eigenvalue weighted by atomic mass is 16.5. The third kappa shape index (κ3) is 9.84. The maximum absolute atomic E-state index is 13.7. The molecule has 4 aromatic carbocycles. The van der Waals surface area contributed by atoms with E-state index < -0.39 is 36.2 Å². The summed E-state index contributed by atoms with van der Waals surface area (Å²) in [6, 6.07) is 30.5. The van der Waals surface area contributed by atoms with Gasteiger partial charge in [0.1, 0.15) is 17.9 Å². The number of nitrogens with zero attached hydrogens (tertiary/aromatic N) is 2. The van der Waals surface area contributed by atoms with Crippen LogP contribution < -0.4 is 21.3 Å². The monoisotopic (exact) mass is 771 g/mol. The lowest BCUT2D eigenvalue weighted by molar-refractivity contribution is -0.134. The highest BCUT2D eigenvalue weighted by Gasteiger charge is 2.35. The fourth-order valence-corrected chi connectivity index (χ4v) is 6.77. The molecular weight excluding hydrogens is 727 g/mol. The zero-order valence-corrected chi connectivity index (χ0v) is 31.9. The first-order valence-corrected chi connectivity index (χ1v) is 18.6. The van der Waals surface area contributed by atoms with Crippen LogP contribution in [0.3, 0.4) is 0 Å². The molecule has 14 heteroatoms. The van der Waals surface area contributed by atoms with Crippen molar-refractivity contribution >= 4 is 29.9 Å². The van der Waals surface area contributed by atoms with Gasteiger partial charge in [-0.05, 0) is 59.7 Å². The van der Waals surface area contributed by atoms with Gasteiger partial charge in [0.2, 0.25) is 11.8 Å². The number of hydrogen-bond acceptors (Lipinski definition) is 8. The number of ether oxygens (including phenoxy) is 2. The van der Waals surface area contributed by atoms with Crippen LogP contribution in [0, 0.1) is 0 Å². The molecule has 4 unspecified atom stereocenters. The average Bonchev–Trinajstić information content (AvgIpc) is 3.95. The van der Waals surface area contributed by atoms with E-state index in [0.29, 0.717) is 29.1 Å². The van der Waals surface area contributed by atoms with Gasteiger partial charge >= 0.3 is 12.2 Å². The van der Waals surface area contributed by atoms with E-state index in [1.54, 1.807) is 78.7 Å². The van der Waals surface area contributed by atoms with Crippen LogP contribution in [0.1, 0.15) is 65.2 Å². The number of methoxy groups -OCH3 is 2. The summed E-state index contributed by atoms with van der Waals surface area (Å²) in [6.07, 6.45) is 1.78. The van der Waals surface area contributed by atoms with Gasteiger partial charge in [-0.25, -0.2) is 14.6 Å². The van der Waals surface area contributed by atoms with Crippen molar-refractivity contribution in [2.45, 2.75) is 43.9 Å². The molecular formula is C43H45N7O7. The van der Waals surface area contributed by atoms with Crippen molar-refractivity contribution in [3.8, 4) is 22.4 Å². The Labute approximate surface area is 330 Å². The topological polar surface area (TPSA) is 184 Å². The van der Waals surface area contributed by atoms with Crippen molar-refractivity contribution in [3.05, 3.63) is 138 Å². The summed E-state index contributed by atoms with van der Waals surface area (Å²) in [5.74, 6) is -0.380. The van der Waals surface area contributed by atoms with Gasteiger partial charge in [0.15, 0.2) is 0 Å². The van der Waals surface area contributed by atoms with Crippen molar-refractivity contribution in [1.82, 2.24) is 36.1 Å². The second-order valence-electron chi connectivity index (χ2n) is 13.6. The number of H-pyrrole nitrogens is 1. The minimum absolute atomic E-state index is 0.222. The highest BCUT2D eigenvalue weighted by Crippen LogP contribution is 2.27. The van der Waals surface area contributed by atoms with Gasteiger partial charge in [-0.3, -0.25) is 14.4 Å². The summed E-state index contributed by atoms with van der Waals surface area (Å²) >= 11 is 0. The summed E-state index contributed by atoms with van der Waals surface area (Å²) in [6.45, 7) is 2.59. The van der Waals surface area contributed by atoms with E-state index in [9.17, 15) is 24.0 Å². The van der Waals surface area contributed by atoms with Gasteiger partial charge in [0.25, 0.3) is 5.91 Å². The highest BCUT2D eigenvalue weighted by molar-refractivity contribution is 5.95. The van der Waals surface area contributed by atoms with Crippen LogP contribution in [0.25, 0.3) is 22.4 Å². The Morgan fingerprint density at radius 3 is 1.88 bits per heavy atom. The predicted octanol–water partition coefficient (Wildman–Crippen LogP) is 5.84. The van der Waals surface area contributed by atoms with E-state index in [-0.39, 0.29) is 24.4 Å². The molecule has 0 bridgehead atoms. The first-order chi connectivity index (χ1) is 27.6. The van der Waals surface area contributed by atoms with Gasteiger partial charge in [-0.2, -0.15) is 0 Å². The molecule has 4 atom stereocenters. The van der Waals surface area contributed by atoms with Crippen molar-refractivity contribution in [2.24, 2.45) is 0 Å². The number of benzene rings is 4. The van der Waals surface area contributed by atoms with Crippen LogP contribution in [0.15, 0.2) is 115 Å². The third-order valence-corrected chi connectivity index (χ3v) is 9.87. The zero-order valence-electron chi connectivity index (χ0n) is 31.9. The molecule has 5 N–H and O–H groups in total. The van der Waals surface area contributed by atoms with Crippen molar-refractivity contribution in [2.75, 3.05) is 27.3 Å². The number of nitrogens with one attached hydrogen (secondary N) is 5. The SMILES string of the molecule is COC(=O)NC(C(=O)NC(C)c1ncc(-c2ccc(-c3ccc(C(=O)NCC4CCCN4C(=O)C(NC(=O)OC)c4ccccc4)cc3)cc2)[nH]1)c1ccccc1. The number of amides is 5. The maximum Gasteiger partial charge on any atom is 0.407 e. The second kappa shape index (κ2) is 18.6. The van der Waals surface area contributed by atoms with E-state index in [4.69, 9.17) is 9.47 Å². The Morgan fingerprint density at radius 2 is 1.28 bits per heavy atom. The molecule has 6 rings (SSSR count). The number of rotatable bonds is 13. The minimum Gasteiger partial charge on any atom is -0.453 e. The molecule has 0 spiro atoms. The van der Waals surface area contributed by atoms with Crippen molar-refractivity contribution in [3.63, 3.8) is 0 Å². The summed E-state index contributed by atoms with van der Waals surface area (Å²) in [7, 11) is 2.49. The molecule has 1 fully saturated rings. The molecule has 0 radical (unpaired) electrons. The molecule has 0 aliphatic carbocycles. The number of likely N-dealkylation sites (tertiary alicyclic amines) is 1. The molecule has 1 aliphatic rings. The summed E-state index contributed by atoms with van der Waals surface area (Å²) in [4.78, 5) is 73.6. The zero-order chi connectivity index (χ0) is 40.3. The standard InChI is InChI=1S/C43H45N7O7/c1-27(46-40(52)36(48-42(54)56-2)31-11-6-4-7-12-31)38-44-26-35(47-38)30-20-16-28(17-21-30)29-18-22-33(23-19-29)39(51)45-25-34-15-10-24-50(34)41(53)37(49-43(55)57-3)32-13-8-5-9-14-32/h4-9,11-14,16-23,26-27,34,36-37H,10,15,24-25H2,1-3H3,(H,44,47)(H,45,51)(H,46,52)(H,48,54)(H,49,55). The molecule has 1 aromatic heterocycles. The number of carbonyl (C=O) groups is 5. The fourth-order valence-electron chi connectivity index (χ4n) is 6.77. The van der Waals surface area contributed by atoms with E-state index in [1.165, 1.54) is 14.2 Å². The fraction of sp³-hybridized carbons (Fsp3) is 0.256. The maximum atomic E-state index is 13.7. The first kappa shape index (κ1) is 39.7. The van der Waals surface area contributed by atoms with E-state index in [1.807, 2.05) is 48.5 Å². The Bertz CT molecular complexity index is 2160. The van der Waals surface area contributed by atoms with Gasteiger partial charge < -0.3 is 40.6 Å². The van der Waals surface area contributed by atoms with Gasteiger partial charge in [-0.1, -0.05) is 97.1 Å². The number of hydrogen-bond donors (Lipinski definition) is 5. The number of carbonyl (C=O) groups excluding carboxylic acids is 5. The smallest absolute Gasteiger partial charge is 0.407 e. The van der Waals surface area contributed by atoms with Crippen LogP contribution in [-0.2, 0) is 19.1 Å². The lowest BCUT2D eigenvalue weighted by Crippen LogP contribution is -2.48. The molecule has 5 aromatic rings. The number of imidazole rings is 1. The van der Waals surface area contributed by atoms with Crippen LogP contribution >= 0.6 is 0 Å². The van der Waals surface area contributed by atoms with Crippen LogP contribution in [0.2, 0.25) is 0 Å². The van der Waals surface area contributed by atoms with E-state index >= 15 is 0 Å². The molecule has 0 saturated carbocycles. The number of aromatic nitrogens is 2. The van der Waals surface area contributed by atoms with Crippen LogP contribution in [0.4, 0.5) is 9.59 Å². The average molecular weight is 772 g/mol. The van der Waals surface area contributed by atoms with E-state index in [2.05, 4.69) is 31.2 Å². The predicted molar refractivity (Wildman–Crippen MR) is 213 cm³/mol. The minimum atomic E-state index is -0.954. The molecule has 294 valence electrons. The first-order valence-electron chi connectivity index (χ1n) is 18.6. The third-order valence-electron chi connectivity index (χ3n) is 9.87. The Balaban J connectivity index is 1.04. The van der Waals surface area contributed by atoms with Crippen molar-refractivity contribution < 1.29 is 33.4 Å². The molecule has 5 amide bonds.